The van der Waals surface area contributed by atoms with Crippen LogP contribution in [0, 0.1) is 0 Å². The molecule has 0 aliphatic rings. The van der Waals surface area contributed by atoms with E-state index in [1.165, 1.54) is 0 Å². The largest absolute Gasteiger partial charge is 0.362 e. The normalized spacial score (nSPS) is 12.2. The molecule has 0 radical (unpaired) electrons. The SMILES string of the molecule is C[C@H](Nc1cnc2cnn(C)c2n1)c1cccc(NC(=O)c2cnc3ccsc3c2)c1. The van der Waals surface area contributed by atoms with Crippen molar-refractivity contribution in [1.29, 1.82) is 0 Å². The molecule has 0 unspecified atom stereocenters. The van der Waals surface area contributed by atoms with Gasteiger partial charge in [0.1, 0.15) is 11.3 Å². The van der Waals surface area contributed by atoms with E-state index in [0.29, 0.717) is 11.4 Å². The van der Waals surface area contributed by atoms with E-state index in [0.717, 1.165) is 32.6 Å². The Kier molecular flexibility index (Phi) is 4.79. The number of hydrogen-bond donors (Lipinski definition) is 2. The summed E-state index contributed by atoms with van der Waals surface area (Å²) in [5.74, 6) is 0.474. The van der Waals surface area contributed by atoms with Crippen molar-refractivity contribution in [2.45, 2.75) is 13.0 Å². The Morgan fingerprint density at radius 1 is 1.10 bits per heavy atom. The van der Waals surface area contributed by atoms with Gasteiger partial charge in [-0.1, -0.05) is 12.1 Å². The highest BCUT2D eigenvalue weighted by Crippen LogP contribution is 2.23. The number of hydrogen-bond acceptors (Lipinski definition) is 7. The van der Waals surface area contributed by atoms with Gasteiger partial charge in [0.15, 0.2) is 5.65 Å². The van der Waals surface area contributed by atoms with Crippen molar-refractivity contribution in [3.63, 3.8) is 0 Å². The zero-order chi connectivity index (χ0) is 21.4. The summed E-state index contributed by atoms with van der Waals surface area (Å²) in [6.07, 6.45) is 4.99. The molecule has 5 aromatic rings. The van der Waals surface area contributed by atoms with Crippen LogP contribution in [0.4, 0.5) is 11.5 Å². The van der Waals surface area contributed by atoms with Gasteiger partial charge in [-0.25, -0.2) is 14.6 Å². The van der Waals surface area contributed by atoms with E-state index in [1.54, 1.807) is 34.6 Å². The van der Waals surface area contributed by atoms with Crippen molar-refractivity contribution >= 4 is 50.1 Å². The third kappa shape index (κ3) is 3.82. The van der Waals surface area contributed by atoms with E-state index in [9.17, 15) is 4.79 Å². The number of fused-ring (bicyclic) bond motifs is 2. The highest BCUT2D eigenvalue weighted by molar-refractivity contribution is 7.17. The molecule has 2 N–H and O–H groups in total. The molecule has 1 aromatic carbocycles. The van der Waals surface area contributed by atoms with Gasteiger partial charge in [-0.2, -0.15) is 5.10 Å². The maximum Gasteiger partial charge on any atom is 0.257 e. The van der Waals surface area contributed by atoms with E-state index in [4.69, 9.17) is 0 Å². The maximum absolute atomic E-state index is 12.7. The van der Waals surface area contributed by atoms with Crippen LogP contribution in [-0.2, 0) is 7.05 Å². The van der Waals surface area contributed by atoms with Crippen molar-refractivity contribution < 1.29 is 4.79 Å². The molecule has 4 heterocycles. The summed E-state index contributed by atoms with van der Waals surface area (Å²) in [4.78, 5) is 26.0. The Bertz CT molecular complexity index is 1410. The maximum atomic E-state index is 12.7. The Morgan fingerprint density at radius 2 is 1.97 bits per heavy atom. The second-order valence-electron chi connectivity index (χ2n) is 7.21. The smallest absolute Gasteiger partial charge is 0.257 e. The third-order valence-electron chi connectivity index (χ3n) is 5.01. The molecule has 0 spiro atoms. The summed E-state index contributed by atoms with van der Waals surface area (Å²) in [7, 11) is 1.84. The van der Waals surface area contributed by atoms with Gasteiger partial charge in [0.05, 0.1) is 34.2 Å². The van der Waals surface area contributed by atoms with Crippen molar-refractivity contribution in [3.05, 3.63) is 71.5 Å². The molecule has 0 saturated carbocycles. The number of pyridine rings is 1. The van der Waals surface area contributed by atoms with Crippen LogP contribution in [-0.4, -0.2) is 30.6 Å². The summed E-state index contributed by atoms with van der Waals surface area (Å²) in [5, 5.41) is 12.5. The van der Waals surface area contributed by atoms with Gasteiger partial charge in [0.25, 0.3) is 5.91 Å². The molecule has 31 heavy (non-hydrogen) atoms. The number of nitrogens with one attached hydrogen (secondary N) is 2. The van der Waals surface area contributed by atoms with Gasteiger partial charge in [-0.15, -0.1) is 11.3 Å². The van der Waals surface area contributed by atoms with Gasteiger partial charge in [-0.05, 0) is 42.1 Å². The van der Waals surface area contributed by atoms with Crippen LogP contribution in [0.15, 0.2) is 60.4 Å². The lowest BCUT2D eigenvalue weighted by molar-refractivity contribution is 0.102. The summed E-state index contributed by atoms with van der Waals surface area (Å²) in [5.41, 5.74) is 4.63. The van der Waals surface area contributed by atoms with E-state index in [1.807, 2.05) is 55.7 Å². The quantitative estimate of drug-likeness (QED) is 0.430. The first kappa shape index (κ1) is 19.1. The number of aromatic nitrogens is 5. The van der Waals surface area contributed by atoms with Crippen molar-refractivity contribution in [2.24, 2.45) is 7.05 Å². The molecule has 154 valence electrons. The van der Waals surface area contributed by atoms with Crippen LogP contribution in [0.5, 0.6) is 0 Å². The first-order chi connectivity index (χ1) is 15.1. The number of carbonyl (C=O) groups is 1. The van der Waals surface area contributed by atoms with Crippen LogP contribution >= 0.6 is 11.3 Å². The standard InChI is InChI=1S/C22H19N7OS/c1-13(26-20-12-24-18-11-25-29(2)21(18)28-20)14-4-3-5-16(8-14)27-22(30)15-9-19-17(23-10-15)6-7-31-19/h3-13H,1-2H3,(H,26,28)(H,27,30)/t13-/m0/s1. The lowest BCUT2D eigenvalue weighted by atomic mass is 10.1. The van der Waals surface area contributed by atoms with E-state index in [-0.39, 0.29) is 11.9 Å². The predicted molar refractivity (Wildman–Crippen MR) is 122 cm³/mol. The van der Waals surface area contributed by atoms with E-state index < -0.39 is 0 Å². The molecular weight excluding hydrogens is 410 g/mol. The van der Waals surface area contributed by atoms with Gasteiger partial charge in [-0.3, -0.25) is 9.78 Å². The fourth-order valence-electron chi connectivity index (χ4n) is 3.35. The zero-order valence-electron chi connectivity index (χ0n) is 16.9. The molecule has 0 aliphatic carbocycles. The van der Waals surface area contributed by atoms with Gasteiger partial charge in [0.2, 0.25) is 0 Å². The lowest BCUT2D eigenvalue weighted by Crippen LogP contribution is -2.13. The van der Waals surface area contributed by atoms with Gasteiger partial charge < -0.3 is 10.6 Å². The minimum atomic E-state index is -0.187. The lowest BCUT2D eigenvalue weighted by Gasteiger charge is -2.16. The number of amides is 1. The van der Waals surface area contributed by atoms with Gasteiger partial charge in [0, 0.05) is 18.9 Å². The molecule has 9 heteroatoms. The Hall–Kier alpha value is -3.85. The number of benzene rings is 1. The molecule has 1 amide bonds. The predicted octanol–water partition coefficient (Wildman–Crippen LogP) is 4.40. The first-order valence-electron chi connectivity index (χ1n) is 9.73. The highest BCUT2D eigenvalue weighted by atomic mass is 32.1. The monoisotopic (exact) mass is 429 g/mol. The third-order valence-corrected chi connectivity index (χ3v) is 5.87. The highest BCUT2D eigenvalue weighted by Gasteiger charge is 2.12. The zero-order valence-corrected chi connectivity index (χ0v) is 17.7. The van der Waals surface area contributed by atoms with Crippen molar-refractivity contribution in [1.82, 2.24) is 24.7 Å². The fraction of sp³-hybridized carbons (Fsp3) is 0.136. The number of rotatable bonds is 5. The molecule has 4 aromatic heterocycles. The van der Waals surface area contributed by atoms with Crippen LogP contribution < -0.4 is 10.6 Å². The summed E-state index contributed by atoms with van der Waals surface area (Å²) in [6.45, 7) is 2.03. The summed E-state index contributed by atoms with van der Waals surface area (Å²) < 4.78 is 2.68. The van der Waals surface area contributed by atoms with Crippen molar-refractivity contribution in [3.8, 4) is 0 Å². The average Bonchev–Trinajstić information content (AvgIpc) is 3.40. The molecule has 0 fully saturated rings. The van der Waals surface area contributed by atoms with Crippen LogP contribution in [0.1, 0.15) is 28.9 Å². The molecule has 5 rings (SSSR count). The summed E-state index contributed by atoms with van der Waals surface area (Å²) >= 11 is 1.57. The molecule has 0 saturated heterocycles. The molecule has 1 atom stereocenters. The van der Waals surface area contributed by atoms with Gasteiger partial charge >= 0.3 is 0 Å². The second-order valence-corrected chi connectivity index (χ2v) is 8.15. The Morgan fingerprint density at radius 3 is 2.87 bits per heavy atom. The van der Waals surface area contributed by atoms with Crippen LogP contribution in [0.3, 0.4) is 0 Å². The number of nitrogens with zero attached hydrogens (tertiary/aromatic N) is 5. The molecular formula is C22H19N7OS. The molecule has 8 nitrogen and oxygen atoms in total. The van der Waals surface area contributed by atoms with Crippen LogP contribution in [0.2, 0.25) is 0 Å². The Balaban J connectivity index is 1.32. The molecule has 0 aliphatic heterocycles. The minimum absolute atomic E-state index is 0.0408. The second kappa shape index (κ2) is 7.77. The van der Waals surface area contributed by atoms with Crippen molar-refractivity contribution in [2.75, 3.05) is 10.6 Å². The average molecular weight is 430 g/mol. The number of anilines is 2. The minimum Gasteiger partial charge on any atom is -0.362 e. The summed E-state index contributed by atoms with van der Waals surface area (Å²) in [6, 6.07) is 11.5. The number of carbonyl (C=O) groups excluding carboxylic acids is 1. The van der Waals surface area contributed by atoms with E-state index >= 15 is 0 Å². The van der Waals surface area contributed by atoms with E-state index in [2.05, 4.69) is 30.7 Å². The Labute approximate surface area is 182 Å². The first-order valence-corrected chi connectivity index (χ1v) is 10.6. The molecule has 0 bridgehead atoms. The number of thiophene rings is 1. The number of aryl methyl sites for hydroxylation is 1. The fourth-order valence-corrected chi connectivity index (χ4v) is 4.13. The van der Waals surface area contributed by atoms with Crippen LogP contribution in [0.25, 0.3) is 21.4 Å². The topological polar surface area (TPSA) is 97.6 Å².